The zero-order chi connectivity index (χ0) is 19.4. The molecular formula is C18H21N7O2. The van der Waals surface area contributed by atoms with Crippen molar-refractivity contribution in [2.24, 2.45) is 0 Å². The molecule has 1 atom stereocenters. The zero-order valence-electron chi connectivity index (χ0n) is 15.1. The van der Waals surface area contributed by atoms with E-state index in [-0.39, 0.29) is 5.91 Å². The van der Waals surface area contributed by atoms with E-state index in [2.05, 4.69) is 25.9 Å². The van der Waals surface area contributed by atoms with E-state index in [1.807, 2.05) is 19.1 Å². The molecule has 0 spiro atoms. The highest BCUT2D eigenvalue weighted by molar-refractivity contribution is 5.95. The lowest BCUT2D eigenvalue weighted by Crippen LogP contribution is -2.42. The zero-order valence-corrected chi connectivity index (χ0v) is 15.1. The van der Waals surface area contributed by atoms with Gasteiger partial charge in [-0.25, -0.2) is 9.78 Å². The van der Waals surface area contributed by atoms with Crippen LogP contribution in [0.15, 0.2) is 30.6 Å². The SMILES string of the molecule is Cc1cc(Nc2cnc(NC(=O)NC3CCN(C)C3=O)cc2C=N)ccn1. The van der Waals surface area contributed by atoms with Crippen molar-refractivity contribution in [1.82, 2.24) is 20.2 Å². The first kappa shape index (κ1) is 18.3. The van der Waals surface area contributed by atoms with Crippen LogP contribution in [0.2, 0.25) is 0 Å². The monoisotopic (exact) mass is 367 g/mol. The van der Waals surface area contributed by atoms with Crippen LogP contribution in [-0.2, 0) is 4.79 Å². The summed E-state index contributed by atoms with van der Waals surface area (Å²) in [5.74, 6) is 0.187. The summed E-state index contributed by atoms with van der Waals surface area (Å²) in [5, 5.41) is 16.1. The largest absolute Gasteiger partial charge is 0.354 e. The van der Waals surface area contributed by atoms with E-state index >= 15 is 0 Å². The molecule has 0 radical (unpaired) electrons. The van der Waals surface area contributed by atoms with Gasteiger partial charge in [0.25, 0.3) is 0 Å². The Hall–Kier alpha value is -3.49. The summed E-state index contributed by atoms with van der Waals surface area (Å²) in [6.07, 6.45) is 4.99. The number of anilines is 3. The summed E-state index contributed by atoms with van der Waals surface area (Å²) >= 11 is 0. The molecule has 2 aromatic heterocycles. The summed E-state index contributed by atoms with van der Waals surface area (Å²) in [6, 6.07) is 4.26. The van der Waals surface area contributed by atoms with E-state index in [1.54, 1.807) is 30.4 Å². The maximum Gasteiger partial charge on any atom is 0.321 e. The third-order valence-corrected chi connectivity index (χ3v) is 4.24. The molecule has 4 N–H and O–H groups in total. The lowest BCUT2D eigenvalue weighted by atomic mass is 10.2. The summed E-state index contributed by atoms with van der Waals surface area (Å²) in [5.41, 5.74) is 2.89. The third kappa shape index (κ3) is 4.38. The van der Waals surface area contributed by atoms with Crippen molar-refractivity contribution in [1.29, 1.82) is 5.41 Å². The van der Waals surface area contributed by atoms with E-state index in [9.17, 15) is 9.59 Å². The van der Waals surface area contributed by atoms with Crippen molar-refractivity contribution in [3.63, 3.8) is 0 Å². The van der Waals surface area contributed by atoms with Crippen LogP contribution in [0.3, 0.4) is 0 Å². The van der Waals surface area contributed by atoms with Gasteiger partial charge in [0.1, 0.15) is 11.9 Å². The number of nitrogens with one attached hydrogen (secondary N) is 4. The molecule has 3 heterocycles. The molecule has 1 fully saturated rings. The van der Waals surface area contributed by atoms with Gasteiger partial charge in [-0.2, -0.15) is 0 Å². The van der Waals surface area contributed by atoms with Crippen molar-refractivity contribution >= 4 is 35.3 Å². The highest BCUT2D eigenvalue weighted by Gasteiger charge is 2.30. The molecule has 1 unspecified atom stereocenters. The van der Waals surface area contributed by atoms with E-state index in [0.29, 0.717) is 30.0 Å². The quantitative estimate of drug-likeness (QED) is 0.601. The number of rotatable bonds is 5. The Kier molecular flexibility index (Phi) is 5.30. The maximum absolute atomic E-state index is 12.1. The molecule has 1 aliphatic heterocycles. The van der Waals surface area contributed by atoms with Crippen molar-refractivity contribution < 1.29 is 9.59 Å². The van der Waals surface area contributed by atoms with Gasteiger partial charge in [-0.05, 0) is 31.5 Å². The minimum atomic E-state index is -0.520. The lowest BCUT2D eigenvalue weighted by molar-refractivity contribution is -0.128. The molecular weight excluding hydrogens is 346 g/mol. The second-order valence-corrected chi connectivity index (χ2v) is 6.31. The molecule has 0 aromatic carbocycles. The molecule has 9 heteroatoms. The van der Waals surface area contributed by atoms with Gasteiger partial charge in [-0.15, -0.1) is 0 Å². The van der Waals surface area contributed by atoms with Gasteiger partial charge in [0, 0.05) is 42.9 Å². The molecule has 0 saturated carbocycles. The van der Waals surface area contributed by atoms with E-state index in [0.717, 1.165) is 11.4 Å². The molecule has 3 amide bonds. The van der Waals surface area contributed by atoms with Crippen molar-refractivity contribution in [3.8, 4) is 0 Å². The second-order valence-electron chi connectivity index (χ2n) is 6.31. The number of likely N-dealkylation sites (tertiary alicyclic amines) is 1. The molecule has 0 aliphatic carbocycles. The van der Waals surface area contributed by atoms with Gasteiger partial charge in [0.05, 0.1) is 11.9 Å². The van der Waals surface area contributed by atoms with Crippen molar-refractivity contribution in [2.45, 2.75) is 19.4 Å². The number of aromatic nitrogens is 2. The number of amides is 3. The molecule has 1 saturated heterocycles. The number of nitrogens with zero attached hydrogens (tertiary/aromatic N) is 3. The van der Waals surface area contributed by atoms with Crippen LogP contribution in [-0.4, -0.2) is 52.7 Å². The molecule has 27 heavy (non-hydrogen) atoms. The summed E-state index contributed by atoms with van der Waals surface area (Å²) in [7, 11) is 1.70. The number of urea groups is 1. The molecule has 0 bridgehead atoms. The first-order valence-electron chi connectivity index (χ1n) is 8.49. The van der Waals surface area contributed by atoms with E-state index in [4.69, 9.17) is 5.41 Å². The predicted molar refractivity (Wildman–Crippen MR) is 103 cm³/mol. The van der Waals surface area contributed by atoms with Gasteiger partial charge in [0.2, 0.25) is 5.91 Å². The second kappa shape index (κ2) is 7.81. The highest BCUT2D eigenvalue weighted by Crippen LogP contribution is 2.21. The standard InChI is InChI=1S/C18H21N7O2/c1-11-7-13(3-5-20-11)22-15-10-21-16(8-12(15)9-19)24-18(27)23-14-4-6-25(2)17(14)26/h3,5,7-10,14,19H,4,6H2,1-2H3,(H,20,22)(H2,21,23,24,27). The number of pyridine rings is 2. The minimum Gasteiger partial charge on any atom is -0.354 e. The fourth-order valence-electron chi connectivity index (χ4n) is 2.81. The smallest absolute Gasteiger partial charge is 0.321 e. The maximum atomic E-state index is 12.1. The van der Waals surface area contributed by atoms with Gasteiger partial charge in [0.15, 0.2) is 0 Å². The van der Waals surface area contributed by atoms with Crippen molar-refractivity contribution in [2.75, 3.05) is 24.2 Å². The lowest BCUT2D eigenvalue weighted by Gasteiger charge is -2.14. The average molecular weight is 367 g/mol. The highest BCUT2D eigenvalue weighted by atomic mass is 16.2. The van der Waals surface area contributed by atoms with Gasteiger partial charge in [-0.1, -0.05) is 0 Å². The van der Waals surface area contributed by atoms with Crippen LogP contribution in [0.1, 0.15) is 17.7 Å². The Morgan fingerprint density at radius 2 is 2.19 bits per heavy atom. The van der Waals surface area contributed by atoms with Crippen LogP contribution >= 0.6 is 0 Å². The van der Waals surface area contributed by atoms with E-state index in [1.165, 1.54) is 6.21 Å². The Labute approximate surface area is 156 Å². The Bertz CT molecular complexity index is 884. The number of hydrogen-bond acceptors (Lipinski definition) is 6. The first-order valence-corrected chi connectivity index (χ1v) is 8.49. The number of likely N-dealkylation sites (N-methyl/N-ethyl adjacent to an activating group) is 1. The van der Waals surface area contributed by atoms with Crippen LogP contribution < -0.4 is 16.0 Å². The molecule has 3 rings (SSSR count). The summed E-state index contributed by atoms with van der Waals surface area (Å²) in [4.78, 5) is 33.9. The fourth-order valence-corrected chi connectivity index (χ4v) is 2.81. The number of carbonyl (C=O) groups excluding carboxylic acids is 2. The average Bonchev–Trinajstić information content (AvgIpc) is 2.95. The first-order chi connectivity index (χ1) is 13.0. The molecule has 1 aliphatic rings. The van der Waals surface area contributed by atoms with Crippen LogP contribution in [0.5, 0.6) is 0 Å². The van der Waals surface area contributed by atoms with Crippen molar-refractivity contribution in [3.05, 3.63) is 41.9 Å². The Morgan fingerprint density at radius 1 is 1.37 bits per heavy atom. The predicted octanol–water partition coefficient (Wildman–Crippen LogP) is 1.88. The van der Waals surface area contributed by atoms with Gasteiger partial charge < -0.3 is 20.9 Å². The van der Waals surface area contributed by atoms with Gasteiger partial charge in [-0.3, -0.25) is 15.1 Å². The Morgan fingerprint density at radius 3 is 2.85 bits per heavy atom. The Balaban J connectivity index is 1.67. The van der Waals surface area contributed by atoms with E-state index < -0.39 is 12.1 Å². The molecule has 9 nitrogen and oxygen atoms in total. The normalized spacial score (nSPS) is 16.1. The summed E-state index contributed by atoms with van der Waals surface area (Å²) < 4.78 is 0. The number of carbonyl (C=O) groups is 2. The topological polar surface area (TPSA) is 123 Å². The van der Waals surface area contributed by atoms with Crippen LogP contribution in [0, 0.1) is 12.3 Å². The molecule has 2 aromatic rings. The van der Waals surface area contributed by atoms with Crippen LogP contribution in [0.4, 0.5) is 22.0 Å². The number of hydrogen-bond donors (Lipinski definition) is 4. The van der Waals surface area contributed by atoms with Gasteiger partial charge >= 0.3 is 6.03 Å². The third-order valence-electron chi connectivity index (χ3n) is 4.24. The number of aryl methyl sites for hydroxylation is 1. The fraction of sp³-hybridized carbons (Fsp3) is 0.278. The molecule has 140 valence electrons. The minimum absolute atomic E-state index is 0.106. The summed E-state index contributed by atoms with van der Waals surface area (Å²) in [6.45, 7) is 2.51. The van der Waals surface area contributed by atoms with Crippen LogP contribution in [0.25, 0.3) is 0 Å².